The molecule has 3 unspecified atom stereocenters. The molecule has 3 nitrogen and oxygen atoms in total. The number of nitrogens with zero attached hydrogens (tertiary/aromatic N) is 1. The van der Waals surface area contributed by atoms with Crippen molar-refractivity contribution in [2.75, 3.05) is 20.2 Å². The fourth-order valence-corrected chi connectivity index (χ4v) is 3.87. The van der Waals surface area contributed by atoms with Gasteiger partial charge in [-0.2, -0.15) is 0 Å². The molecule has 4 heteroatoms. The Balaban J connectivity index is 2.15. The van der Waals surface area contributed by atoms with Crippen LogP contribution in [0.25, 0.3) is 0 Å². The first kappa shape index (κ1) is 15.0. The van der Waals surface area contributed by atoms with Crippen molar-refractivity contribution >= 4 is 11.3 Å². The van der Waals surface area contributed by atoms with Crippen LogP contribution >= 0.6 is 11.3 Å². The van der Waals surface area contributed by atoms with E-state index in [-0.39, 0.29) is 5.54 Å². The van der Waals surface area contributed by atoms with Crippen molar-refractivity contribution in [3.8, 4) is 0 Å². The molecule has 2 heterocycles. The van der Waals surface area contributed by atoms with Crippen LogP contribution in [0.2, 0.25) is 0 Å². The van der Waals surface area contributed by atoms with Gasteiger partial charge in [0.1, 0.15) is 0 Å². The molecule has 108 valence electrons. The molecule has 1 fully saturated rings. The van der Waals surface area contributed by atoms with E-state index < -0.39 is 0 Å². The molecule has 0 spiro atoms. The summed E-state index contributed by atoms with van der Waals surface area (Å²) in [6.45, 7) is 6.01. The predicted molar refractivity (Wildman–Crippen MR) is 81.5 cm³/mol. The Morgan fingerprint density at radius 3 is 3.00 bits per heavy atom. The van der Waals surface area contributed by atoms with Crippen LogP contribution in [0.1, 0.15) is 44.0 Å². The molecule has 2 N–H and O–H groups in total. The molecule has 1 aliphatic rings. The van der Waals surface area contributed by atoms with Crippen LogP contribution in [0.15, 0.2) is 17.5 Å². The van der Waals surface area contributed by atoms with E-state index >= 15 is 0 Å². The van der Waals surface area contributed by atoms with Gasteiger partial charge < -0.3 is 10.5 Å². The number of ether oxygens (including phenoxy) is 1. The van der Waals surface area contributed by atoms with Crippen LogP contribution in [0.4, 0.5) is 0 Å². The van der Waals surface area contributed by atoms with Crippen LogP contribution in [0.5, 0.6) is 0 Å². The molecule has 1 saturated heterocycles. The van der Waals surface area contributed by atoms with Crippen molar-refractivity contribution in [2.24, 2.45) is 5.73 Å². The summed E-state index contributed by atoms with van der Waals surface area (Å²) in [5.41, 5.74) is 6.24. The smallest absolute Gasteiger partial charge is 0.0590 e. The molecule has 0 saturated carbocycles. The van der Waals surface area contributed by atoms with Gasteiger partial charge >= 0.3 is 0 Å². The highest BCUT2D eigenvalue weighted by atomic mass is 32.1. The largest absolute Gasteiger partial charge is 0.378 e. The second-order valence-corrected chi connectivity index (χ2v) is 6.57. The average molecular weight is 282 g/mol. The third-order valence-corrected chi connectivity index (χ3v) is 5.69. The highest BCUT2D eigenvalue weighted by Gasteiger charge is 2.40. The van der Waals surface area contributed by atoms with E-state index in [1.165, 1.54) is 4.88 Å². The molecule has 1 aliphatic heterocycles. The molecular formula is C15H26N2OS. The fourth-order valence-electron chi connectivity index (χ4n) is 3.04. The van der Waals surface area contributed by atoms with Crippen molar-refractivity contribution in [3.63, 3.8) is 0 Å². The van der Waals surface area contributed by atoms with Gasteiger partial charge in [0.2, 0.25) is 0 Å². The zero-order chi connectivity index (χ0) is 13.9. The lowest BCUT2D eigenvalue weighted by atomic mass is 9.83. The Morgan fingerprint density at radius 1 is 1.63 bits per heavy atom. The maximum Gasteiger partial charge on any atom is 0.0590 e. The van der Waals surface area contributed by atoms with Crippen LogP contribution < -0.4 is 5.73 Å². The number of hydrogen-bond acceptors (Lipinski definition) is 4. The van der Waals surface area contributed by atoms with Crippen molar-refractivity contribution < 1.29 is 4.74 Å². The van der Waals surface area contributed by atoms with Crippen LogP contribution in [-0.2, 0) is 4.74 Å². The summed E-state index contributed by atoms with van der Waals surface area (Å²) >= 11 is 1.83. The molecule has 0 bridgehead atoms. The molecule has 0 aliphatic carbocycles. The first-order chi connectivity index (χ1) is 9.13. The van der Waals surface area contributed by atoms with Crippen LogP contribution in [-0.4, -0.2) is 36.7 Å². The maximum atomic E-state index is 6.15. The van der Waals surface area contributed by atoms with E-state index in [9.17, 15) is 0 Å². The summed E-state index contributed by atoms with van der Waals surface area (Å²) in [4.78, 5) is 3.89. The SMILES string of the molecule is CCC1CC(CN)(N(C)C(C)c2cccs2)CCO1. The lowest BCUT2D eigenvalue weighted by molar-refractivity contribution is -0.0744. The Labute approximate surface area is 120 Å². The Bertz CT molecular complexity index is 382. The van der Waals surface area contributed by atoms with Crippen molar-refractivity contribution in [1.82, 2.24) is 4.90 Å². The van der Waals surface area contributed by atoms with Gasteiger partial charge in [-0.15, -0.1) is 11.3 Å². The lowest BCUT2D eigenvalue weighted by Gasteiger charge is -2.48. The zero-order valence-corrected chi connectivity index (χ0v) is 13.1. The Kier molecular flexibility index (Phi) is 5.01. The summed E-state index contributed by atoms with van der Waals surface area (Å²) < 4.78 is 5.83. The normalized spacial score (nSPS) is 29.6. The molecule has 1 aromatic heterocycles. The lowest BCUT2D eigenvalue weighted by Crippen LogP contribution is -2.57. The van der Waals surface area contributed by atoms with Gasteiger partial charge in [0.15, 0.2) is 0 Å². The maximum absolute atomic E-state index is 6.15. The monoisotopic (exact) mass is 282 g/mol. The quantitative estimate of drug-likeness (QED) is 0.902. The average Bonchev–Trinajstić information content (AvgIpc) is 2.99. The summed E-state index contributed by atoms with van der Waals surface area (Å²) in [7, 11) is 2.22. The summed E-state index contributed by atoms with van der Waals surface area (Å²) in [5, 5.41) is 2.15. The van der Waals surface area contributed by atoms with Gasteiger partial charge in [-0.25, -0.2) is 0 Å². The van der Waals surface area contributed by atoms with Crippen molar-refractivity contribution in [1.29, 1.82) is 0 Å². The number of likely N-dealkylation sites (N-methyl/N-ethyl adjacent to an activating group) is 1. The van der Waals surface area contributed by atoms with E-state index in [1.54, 1.807) is 0 Å². The highest BCUT2D eigenvalue weighted by molar-refractivity contribution is 7.10. The van der Waals surface area contributed by atoms with Gasteiger partial charge in [-0.1, -0.05) is 13.0 Å². The Morgan fingerprint density at radius 2 is 2.42 bits per heavy atom. The predicted octanol–water partition coefficient (Wildman–Crippen LogP) is 3.03. The summed E-state index contributed by atoms with van der Waals surface area (Å²) in [6.07, 6.45) is 3.51. The minimum atomic E-state index is 0.0856. The van der Waals surface area contributed by atoms with Crippen LogP contribution in [0.3, 0.4) is 0 Å². The molecule has 0 amide bonds. The Hall–Kier alpha value is -0.420. The van der Waals surface area contributed by atoms with Crippen LogP contribution in [0, 0.1) is 0 Å². The molecule has 0 aromatic carbocycles. The summed E-state index contributed by atoms with van der Waals surface area (Å²) in [5.74, 6) is 0. The molecule has 3 atom stereocenters. The first-order valence-corrected chi connectivity index (χ1v) is 8.09. The molecule has 0 radical (unpaired) electrons. The number of nitrogens with two attached hydrogens (primary N) is 1. The van der Waals surface area contributed by atoms with Crippen molar-refractivity contribution in [2.45, 2.75) is 50.8 Å². The highest BCUT2D eigenvalue weighted by Crippen LogP contribution is 2.36. The molecule has 19 heavy (non-hydrogen) atoms. The summed E-state index contributed by atoms with van der Waals surface area (Å²) in [6, 6.07) is 4.75. The second kappa shape index (κ2) is 6.35. The third-order valence-electron chi connectivity index (χ3n) is 4.65. The van der Waals surface area contributed by atoms with E-state index in [4.69, 9.17) is 10.5 Å². The van der Waals surface area contributed by atoms with Gasteiger partial charge in [0, 0.05) is 29.6 Å². The molecular weight excluding hydrogens is 256 g/mol. The minimum Gasteiger partial charge on any atom is -0.378 e. The van der Waals surface area contributed by atoms with E-state index in [2.05, 4.69) is 43.3 Å². The number of hydrogen-bond donors (Lipinski definition) is 1. The molecule has 1 aromatic rings. The van der Waals surface area contributed by atoms with Gasteiger partial charge in [0.25, 0.3) is 0 Å². The standard InChI is InChI=1S/C15H26N2OS/c1-4-13-10-15(11-16,7-8-18-13)17(3)12(2)14-6-5-9-19-14/h5-6,9,12-13H,4,7-8,10-11,16H2,1-3H3. The van der Waals surface area contributed by atoms with Gasteiger partial charge in [-0.05, 0) is 44.7 Å². The number of thiophene rings is 1. The minimum absolute atomic E-state index is 0.0856. The topological polar surface area (TPSA) is 38.5 Å². The second-order valence-electron chi connectivity index (χ2n) is 5.59. The van der Waals surface area contributed by atoms with Crippen molar-refractivity contribution in [3.05, 3.63) is 22.4 Å². The number of rotatable bonds is 5. The van der Waals surface area contributed by atoms with E-state index in [1.807, 2.05) is 11.3 Å². The van der Waals surface area contributed by atoms with Gasteiger partial charge in [-0.3, -0.25) is 4.90 Å². The van der Waals surface area contributed by atoms with Gasteiger partial charge in [0.05, 0.1) is 6.10 Å². The molecule has 2 rings (SSSR count). The van der Waals surface area contributed by atoms with E-state index in [0.717, 1.165) is 25.9 Å². The van der Waals surface area contributed by atoms with E-state index in [0.29, 0.717) is 18.7 Å². The first-order valence-electron chi connectivity index (χ1n) is 7.21. The fraction of sp³-hybridized carbons (Fsp3) is 0.733. The third kappa shape index (κ3) is 3.02. The zero-order valence-electron chi connectivity index (χ0n) is 12.3.